The van der Waals surface area contributed by atoms with Crippen molar-refractivity contribution in [1.82, 2.24) is 9.88 Å². The molecule has 0 spiro atoms. The van der Waals surface area contributed by atoms with Crippen molar-refractivity contribution in [3.05, 3.63) is 89.2 Å². The van der Waals surface area contributed by atoms with Gasteiger partial charge in [0.25, 0.3) is 5.91 Å². The Hall–Kier alpha value is -3.34. The Labute approximate surface area is 164 Å². The van der Waals surface area contributed by atoms with Crippen molar-refractivity contribution < 1.29 is 14.3 Å². The van der Waals surface area contributed by atoms with Crippen molar-refractivity contribution in [2.75, 3.05) is 20.8 Å². The first kappa shape index (κ1) is 18.0. The monoisotopic (exact) mass is 374 g/mol. The first-order valence-electron chi connectivity index (χ1n) is 9.23. The second-order valence-corrected chi connectivity index (χ2v) is 6.74. The molecule has 0 aliphatic carbocycles. The number of ether oxygens (including phenoxy) is 2. The van der Waals surface area contributed by atoms with Gasteiger partial charge in [0.2, 0.25) is 0 Å². The third-order valence-corrected chi connectivity index (χ3v) is 5.14. The van der Waals surface area contributed by atoms with Gasteiger partial charge in [-0.2, -0.15) is 0 Å². The maximum absolute atomic E-state index is 13.5. The number of methoxy groups -OCH3 is 2. The van der Waals surface area contributed by atoms with Crippen LogP contribution in [0, 0.1) is 0 Å². The van der Waals surface area contributed by atoms with Crippen LogP contribution in [-0.4, -0.2) is 36.6 Å². The fraction of sp³-hybridized carbons (Fsp3) is 0.217. The Morgan fingerprint density at radius 3 is 2.46 bits per heavy atom. The number of carbonyl (C=O) groups excluding carboxylic acids is 1. The van der Waals surface area contributed by atoms with Gasteiger partial charge in [-0.25, -0.2) is 0 Å². The van der Waals surface area contributed by atoms with Crippen molar-refractivity contribution in [2.24, 2.45) is 0 Å². The standard InChI is InChI=1S/C23H22N2O3/c1-27-19-12-18(13-20(14-19)28-2)23(26)25-11-9-16-6-3-4-8-21(16)22(25)17-7-5-10-24-15-17/h3-8,10,12-15,22H,9,11H2,1-2H3. The lowest BCUT2D eigenvalue weighted by Gasteiger charge is -2.37. The van der Waals surface area contributed by atoms with Crippen LogP contribution >= 0.6 is 0 Å². The van der Waals surface area contributed by atoms with E-state index < -0.39 is 0 Å². The predicted octanol–water partition coefficient (Wildman–Crippen LogP) is 3.89. The van der Waals surface area contributed by atoms with E-state index in [4.69, 9.17) is 9.47 Å². The lowest BCUT2D eigenvalue weighted by molar-refractivity contribution is 0.0693. The zero-order valence-electron chi connectivity index (χ0n) is 16.0. The molecule has 5 nitrogen and oxygen atoms in total. The van der Waals surface area contributed by atoms with Gasteiger partial charge in [0.1, 0.15) is 11.5 Å². The largest absolute Gasteiger partial charge is 0.497 e. The Kier molecular flexibility index (Phi) is 4.98. The topological polar surface area (TPSA) is 51.7 Å². The van der Waals surface area contributed by atoms with E-state index in [1.54, 1.807) is 38.6 Å². The van der Waals surface area contributed by atoms with Gasteiger partial charge >= 0.3 is 0 Å². The number of aromatic nitrogens is 1. The zero-order valence-corrected chi connectivity index (χ0v) is 16.0. The van der Waals surface area contributed by atoms with Crippen molar-refractivity contribution >= 4 is 5.91 Å². The summed E-state index contributed by atoms with van der Waals surface area (Å²) in [5.41, 5.74) is 3.95. The van der Waals surface area contributed by atoms with Crippen LogP contribution in [0.5, 0.6) is 11.5 Å². The number of amides is 1. The summed E-state index contributed by atoms with van der Waals surface area (Å²) in [6.07, 6.45) is 4.40. The van der Waals surface area contributed by atoms with E-state index in [1.165, 1.54) is 5.56 Å². The quantitative estimate of drug-likeness (QED) is 0.695. The molecule has 0 saturated heterocycles. The van der Waals surface area contributed by atoms with E-state index in [1.807, 2.05) is 35.4 Å². The Morgan fingerprint density at radius 2 is 1.79 bits per heavy atom. The summed E-state index contributed by atoms with van der Waals surface area (Å²) in [5, 5.41) is 0. The number of rotatable bonds is 4. The van der Waals surface area contributed by atoms with Crippen LogP contribution in [0.3, 0.4) is 0 Å². The molecule has 2 aromatic carbocycles. The molecule has 1 aliphatic rings. The molecular weight excluding hydrogens is 352 g/mol. The first-order valence-corrected chi connectivity index (χ1v) is 9.23. The van der Waals surface area contributed by atoms with Crippen LogP contribution in [0.1, 0.15) is 33.1 Å². The molecule has 0 N–H and O–H groups in total. The molecule has 4 rings (SSSR count). The van der Waals surface area contributed by atoms with E-state index in [0.717, 1.165) is 17.5 Å². The highest BCUT2D eigenvalue weighted by atomic mass is 16.5. The third-order valence-electron chi connectivity index (χ3n) is 5.14. The highest BCUT2D eigenvalue weighted by Crippen LogP contribution is 2.36. The molecule has 0 saturated carbocycles. The van der Waals surface area contributed by atoms with Gasteiger partial charge in [-0.15, -0.1) is 0 Å². The molecule has 1 unspecified atom stereocenters. The van der Waals surface area contributed by atoms with Gasteiger partial charge in [0, 0.05) is 30.6 Å². The van der Waals surface area contributed by atoms with Crippen LogP contribution in [0.4, 0.5) is 0 Å². The van der Waals surface area contributed by atoms with E-state index in [-0.39, 0.29) is 11.9 Å². The minimum Gasteiger partial charge on any atom is -0.497 e. The number of nitrogens with zero attached hydrogens (tertiary/aromatic N) is 2. The second kappa shape index (κ2) is 7.72. The minimum atomic E-state index is -0.177. The molecule has 142 valence electrons. The minimum absolute atomic E-state index is 0.0550. The van der Waals surface area contributed by atoms with Gasteiger partial charge < -0.3 is 14.4 Å². The Balaban J connectivity index is 1.79. The van der Waals surface area contributed by atoms with Crippen LogP contribution in [0.2, 0.25) is 0 Å². The van der Waals surface area contributed by atoms with Crippen molar-refractivity contribution in [3.8, 4) is 11.5 Å². The summed E-state index contributed by atoms with van der Waals surface area (Å²) in [5.74, 6) is 1.14. The lowest BCUT2D eigenvalue weighted by atomic mass is 9.88. The summed E-state index contributed by atoms with van der Waals surface area (Å²) < 4.78 is 10.7. The molecule has 0 radical (unpaired) electrons. The van der Waals surface area contributed by atoms with Crippen molar-refractivity contribution in [2.45, 2.75) is 12.5 Å². The third kappa shape index (κ3) is 3.31. The first-order chi connectivity index (χ1) is 13.7. The van der Waals surface area contributed by atoms with Crippen molar-refractivity contribution in [3.63, 3.8) is 0 Å². The summed E-state index contributed by atoms with van der Waals surface area (Å²) in [6, 6.07) is 17.3. The van der Waals surface area contributed by atoms with Crippen LogP contribution in [0.25, 0.3) is 0 Å². The summed E-state index contributed by atoms with van der Waals surface area (Å²) in [7, 11) is 3.16. The maximum Gasteiger partial charge on any atom is 0.254 e. The number of hydrogen-bond donors (Lipinski definition) is 0. The molecule has 0 fully saturated rings. The molecule has 1 amide bonds. The smallest absolute Gasteiger partial charge is 0.254 e. The van der Waals surface area contributed by atoms with Crippen molar-refractivity contribution in [1.29, 1.82) is 0 Å². The second-order valence-electron chi connectivity index (χ2n) is 6.74. The molecule has 3 aromatic rings. The molecular formula is C23H22N2O3. The van der Waals surface area contributed by atoms with Gasteiger partial charge in [0.15, 0.2) is 0 Å². The van der Waals surface area contributed by atoms with Gasteiger partial charge in [-0.05, 0) is 41.3 Å². The summed E-state index contributed by atoms with van der Waals surface area (Å²) in [4.78, 5) is 19.7. The molecule has 0 bridgehead atoms. The summed E-state index contributed by atoms with van der Waals surface area (Å²) >= 11 is 0. The number of fused-ring (bicyclic) bond motifs is 1. The van der Waals surface area contributed by atoms with E-state index in [2.05, 4.69) is 17.1 Å². The Morgan fingerprint density at radius 1 is 1.04 bits per heavy atom. The van der Waals surface area contributed by atoms with Gasteiger partial charge in [-0.3, -0.25) is 9.78 Å². The van der Waals surface area contributed by atoms with Crippen LogP contribution in [-0.2, 0) is 6.42 Å². The van der Waals surface area contributed by atoms with E-state index in [9.17, 15) is 4.79 Å². The highest BCUT2D eigenvalue weighted by molar-refractivity contribution is 5.96. The maximum atomic E-state index is 13.5. The molecule has 1 aromatic heterocycles. The fourth-order valence-corrected chi connectivity index (χ4v) is 3.78. The SMILES string of the molecule is COc1cc(OC)cc(C(=O)N2CCc3ccccc3C2c2cccnc2)c1. The number of benzene rings is 2. The molecule has 1 atom stereocenters. The van der Waals surface area contributed by atoms with E-state index >= 15 is 0 Å². The average Bonchev–Trinajstić information content (AvgIpc) is 2.77. The number of pyridine rings is 1. The van der Waals surface area contributed by atoms with E-state index in [0.29, 0.717) is 23.6 Å². The molecule has 5 heteroatoms. The molecule has 1 aliphatic heterocycles. The fourth-order valence-electron chi connectivity index (χ4n) is 3.78. The number of carbonyl (C=O) groups is 1. The number of hydrogen-bond acceptors (Lipinski definition) is 4. The Bertz CT molecular complexity index is 966. The van der Waals surface area contributed by atoms with Crippen LogP contribution in [0.15, 0.2) is 67.0 Å². The van der Waals surface area contributed by atoms with Crippen LogP contribution < -0.4 is 9.47 Å². The zero-order chi connectivity index (χ0) is 19.5. The lowest BCUT2D eigenvalue weighted by Crippen LogP contribution is -2.40. The molecule has 2 heterocycles. The molecule has 28 heavy (non-hydrogen) atoms. The predicted molar refractivity (Wildman–Crippen MR) is 107 cm³/mol. The average molecular weight is 374 g/mol. The highest BCUT2D eigenvalue weighted by Gasteiger charge is 2.32. The van der Waals surface area contributed by atoms with Gasteiger partial charge in [-0.1, -0.05) is 30.3 Å². The normalized spacial score (nSPS) is 15.6. The van der Waals surface area contributed by atoms with Gasteiger partial charge in [0.05, 0.1) is 20.3 Å². The summed E-state index contributed by atoms with van der Waals surface area (Å²) in [6.45, 7) is 0.634.